The largest absolute Gasteiger partial charge is 0.342 e. The van der Waals surface area contributed by atoms with Gasteiger partial charge in [0.15, 0.2) is 0 Å². The number of benzene rings is 3. The highest BCUT2D eigenvalue weighted by Gasteiger charge is 2.26. The summed E-state index contributed by atoms with van der Waals surface area (Å²) in [6, 6.07) is 28.2. The van der Waals surface area contributed by atoms with E-state index in [1.54, 1.807) is 0 Å². The highest BCUT2D eigenvalue weighted by Crippen LogP contribution is 2.31. The molecule has 116 valence electrons. The Balaban J connectivity index is 1.83. The maximum absolute atomic E-state index is 12.2. The fourth-order valence-corrected chi connectivity index (χ4v) is 3.16. The zero-order valence-corrected chi connectivity index (χ0v) is 13.1. The van der Waals surface area contributed by atoms with E-state index in [0.29, 0.717) is 0 Å². The first-order valence-corrected chi connectivity index (χ1v) is 8.05. The Kier molecular flexibility index (Phi) is 3.72. The molecular formula is C22H17NO. The molecule has 1 atom stereocenters. The van der Waals surface area contributed by atoms with Crippen molar-refractivity contribution in [2.24, 2.45) is 0 Å². The quantitative estimate of drug-likeness (QED) is 0.752. The zero-order valence-electron chi connectivity index (χ0n) is 13.1. The molecule has 1 amide bonds. The third-order valence-electron chi connectivity index (χ3n) is 4.33. The Morgan fingerprint density at radius 1 is 0.750 bits per heavy atom. The predicted molar refractivity (Wildman–Crippen MR) is 96.6 cm³/mol. The highest BCUT2D eigenvalue weighted by atomic mass is 16.2. The van der Waals surface area contributed by atoms with E-state index >= 15 is 0 Å². The number of hydrogen-bond donors (Lipinski definition) is 1. The number of carbonyl (C=O) groups is 1. The average Bonchev–Trinajstić information content (AvgIpc) is 2.97. The number of nitrogens with one attached hydrogen (secondary N) is 1. The van der Waals surface area contributed by atoms with E-state index in [1.807, 2.05) is 60.7 Å². The number of rotatable bonds is 3. The van der Waals surface area contributed by atoms with E-state index < -0.39 is 0 Å². The number of fused-ring (bicyclic) bond motifs is 1. The minimum atomic E-state index is -0.107. The fourth-order valence-electron chi connectivity index (χ4n) is 3.16. The summed E-state index contributed by atoms with van der Waals surface area (Å²) in [6.45, 7) is 0. The van der Waals surface area contributed by atoms with Crippen LogP contribution in [0, 0.1) is 0 Å². The van der Waals surface area contributed by atoms with Gasteiger partial charge in [0, 0.05) is 5.56 Å². The van der Waals surface area contributed by atoms with Crippen LogP contribution >= 0.6 is 0 Å². The Morgan fingerprint density at radius 2 is 1.29 bits per heavy atom. The zero-order chi connectivity index (χ0) is 16.4. The normalized spacial score (nSPS) is 15.5. The lowest BCUT2D eigenvalue weighted by Crippen LogP contribution is -2.17. The number of hydrogen-bond acceptors (Lipinski definition) is 1. The molecule has 0 aromatic heterocycles. The van der Waals surface area contributed by atoms with E-state index in [4.69, 9.17) is 0 Å². The molecule has 0 aliphatic carbocycles. The Hall–Kier alpha value is -3.13. The van der Waals surface area contributed by atoms with Crippen LogP contribution in [0.25, 0.3) is 5.57 Å². The number of carbonyl (C=O) groups excluding carboxylic acids is 1. The van der Waals surface area contributed by atoms with Crippen LogP contribution in [0.4, 0.5) is 0 Å². The second-order valence-electron chi connectivity index (χ2n) is 5.85. The van der Waals surface area contributed by atoms with E-state index in [2.05, 4.69) is 35.7 Å². The molecule has 0 saturated carbocycles. The molecule has 1 aliphatic rings. The van der Waals surface area contributed by atoms with Crippen molar-refractivity contribution < 1.29 is 4.79 Å². The minimum Gasteiger partial charge on any atom is -0.342 e. The molecule has 3 aromatic carbocycles. The average molecular weight is 311 g/mol. The summed E-state index contributed by atoms with van der Waals surface area (Å²) < 4.78 is 0. The molecule has 1 heterocycles. The molecule has 2 heteroatoms. The van der Waals surface area contributed by atoms with Gasteiger partial charge in [-0.3, -0.25) is 4.79 Å². The van der Waals surface area contributed by atoms with Crippen molar-refractivity contribution in [3.8, 4) is 0 Å². The molecule has 1 N–H and O–H groups in total. The maximum atomic E-state index is 12.2. The van der Waals surface area contributed by atoms with Gasteiger partial charge in [-0.15, -0.1) is 0 Å². The van der Waals surface area contributed by atoms with Crippen LogP contribution in [0.5, 0.6) is 0 Å². The smallest absolute Gasteiger partial charge is 0.252 e. The third kappa shape index (κ3) is 2.63. The third-order valence-corrected chi connectivity index (χ3v) is 4.33. The van der Waals surface area contributed by atoms with Crippen molar-refractivity contribution in [3.63, 3.8) is 0 Å². The molecule has 1 unspecified atom stereocenters. The Labute approximate surface area is 141 Å². The van der Waals surface area contributed by atoms with Crippen LogP contribution in [-0.4, -0.2) is 5.91 Å². The second-order valence-corrected chi connectivity index (χ2v) is 5.85. The molecule has 0 spiro atoms. The van der Waals surface area contributed by atoms with Crippen molar-refractivity contribution in [1.82, 2.24) is 5.32 Å². The van der Waals surface area contributed by atoms with Gasteiger partial charge in [0.05, 0.1) is 6.04 Å². The van der Waals surface area contributed by atoms with Gasteiger partial charge in [-0.05, 0) is 34.4 Å². The lowest BCUT2D eigenvalue weighted by molar-refractivity contribution is 0.0961. The molecule has 24 heavy (non-hydrogen) atoms. The van der Waals surface area contributed by atoms with E-state index in [-0.39, 0.29) is 11.9 Å². The van der Waals surface area contributed by atoms with Crippen molar-refractivity contribution in [1.29, 1.82) is 0 Å². The molecular weight excluding hydrogens is 294 g/mol. The van der Waals surface area contributed by atoms with Gasteiger partial charge in [0.1, 0.15) is 0 Å². The summed E-state index contributed by atoms with van der Waals surface area (Å²) in [4.78, 5) is 12.2. The van der Waals surface area contributed by atoms with Crippen LogP contribution in [0.1, 0.15) is 33.1 Å². The monoisotopic (exact) mass is 311 g/mol. The molecule has 0 radical (unpaired) electrons. The molecule has 0 saturated heterocycles. The molecule has 1 aliphatic heterocycles. The molecule has 2 nitrogen and oxygen atoms in total. The van der Waals surface area contributed by atoms with E-state index in [9.17, 15) is 4.79 Å². The van der Waals surface area contributed by atoms with Crippen molar-refractivity contribution in [2.75, 3.05) is 0 Å². The van der Waals surface area contributed by atoms with Crippen LogP contribution in [0.15, 0.2) is 91.0 Å². The lowest BCUT2D eigenvalue weighted by atomic mass is 9.94. The number of amides is 1. The Morgan fingerprint density at radius 3 is 1.92 bits per heavy atom. The molecule has 0 bridgehead atoms. The van der Waals surface area contributed by atoms with Crippen molar-refractivity contribution in [3.05, 3.63) is 113 Å². The summed E-state index contributed by atoms with van der Waals surface area (Å²) in [5, 5.41) is 3.07. The first kappa shape index (κ1) is 14.5. The second kappa shape index (κ2) is 6.17. The maximum Gasteiger partial charge on any atom is 0.252 e. The summed E-state index contributed by atoms with van der Waals surface area (Å²) in [6.07, 6.45) is 2.15. The summed E-state index contributed by atoms with van der Waals surface area (Å²) in [7, 11) is 0. The summed E-state index contributed by atoms with van der Waals surface area (Å²) in [5.41, 5.74) is 5.20. The van der Waals surface area contributed by atoms with Gasteiger partial charge in [-0.1, -0.05) is 78.9 Å². The van der Waals surface area contributed by atoms with Crippen LogP contribution in [0.2, 0.25) is 0 Å². The van der Waals surface area contributed by atoms with Gasteiger partial charge in [0.2, 0.25) is 0 Å². The molecule has 4 rings (SSSR count). The minimum absolute atomic E-state index is 0.00711. The molecule has 3 aromatic rings. The van der Waals surface area contributed by atoms with Gasteiger partial charge in [0.25, 0.3) is 5.91 Å². The lowest BCUT2D eigenvalue weighted by Gasteiger charge is -2.13. The van der Waals surface area contributed by atoms with E-state index in [0.717, 1.165) is 27.8 Å². The van der Waals surface area contributed by atoms with Gasteiger partial charge >= 0.3 is 0 Å². The van der Waals surface area contributed by atoms with Crippen molar-refractivity contribution in [2.45, 2.75) is 6.04 Å². The van der Waals surface area contributed by atoms with Crippen LogP contribution in [0.3, 0.4) is 0 Å². The first-order valence-electron chi connectivity index (χ1n) is 8.05. The van der Waals surface area contributed by atoms with Crippen LogP contribution in [-0.2, 0) is 0 Å². The van der Waals surface area contributed by atoms with E-state index in [1.165, 1.54) is 0 Å². The van der Waals surface area contributed by atoms with Gasteiger partial charge in [-0.25, -0.2) is 0 Å². The van der Waals surface area contributed by atoms with Gasteiger partial charge < -0.3 is 5.32 Å². The first-order chi connectivity index (χ1) is 11.8. The summed E-state index contributed by atoms with van der Waals surface area (Å²) in [5.74, 6) is -0.00711. The Bertz CT molecular complexity index is 856. The van der Waals surface area contributed by atoms with Gasteiger partial charge in [-0.2, -0.15) is 0 Å². The van der Waals surface area contributed by atoms with Crippen molar-refractivity contribution >= 4 is 11.5 Å². The highest BCUT2D eigenvalue weighted by molar-refractivity contribution is 6.00. The standard InChI is InChI=1S/C22H17NO/c24-22-19-14-8-7-13-18(19)21(23-22)15-20(16-9-3-1-4-10-16)17-11-5-2-6-12-17/h1-15,21H,(H,23,24). The fraction of sp³-hybridized carbons (Fsp3) is 0.0455. The topological polar surface area (TPSA) is 29.1 Å². The SMILES string of the molecule is O=C1NC(C=C(c2ccccc2)c2ccccc2)c2ccccc21. The summed E-state index contributed by atoms with van der Waals surface area (Å²) >= 11 is 0. The molecule has 0 fully saturated rings. The van der Waals surface area contributed by atoms with Crippen LogP contribution < -0.4 is 5.32 Å². The predicted octanol–water partition coefficient (Wildman–Crippen LogP) is 4.60.